The summed E-state index contributed by atoms with van der Waals surface area (Å²) < 4.78 is 10.8. The maximum Gasteiger partial charge on any atom is 3.00 e. The smallest absolute Gasteiger partial charge is 1.00 e. The van der Waals surface area contributed by atoms with Crippen molar-refractivity contribution in [2.75, 3.05) is 23.8 Å². The second-order valence-electron chi connectivity index (χ2n) is 4.49. The summed E-state index contributed by atoms with van der Waals surface area (Å²) in [5.41, 5.74) is 1.82. The van der Waals surface area contributed by atoms with E-state index in [1.54, 1.807) is 0 Å². The van der Waals surface area contributed by atoms with Crippen LogP contribution in [0.25, 0.3) is 0 Å². The molecular formula is C17H20BF3N2O2S. The zero-order valence-electron chi connectivity index (χ0n) is 14.5. The average molecular weight is 384 g/mol. The molecule has 0 aliphatic heterocycles. The molecule has 2 rings (SSSR count). The number of anilines is 2. The third kappa shape index (κ3) is 9.17. The Morgan fingerprint density at radius 1 is 0.731 bits per heavy atom. The van der Waals surface area contributed by atoms with Crippen LogP contribution in [0.2, 0.25) is 0 Å². The monoisotopic (exact) mass is 384 g/mol. The zero-order valence-corrected chi connectivity index (χ0v) is 15.3. The van der Waals surface area contributed by atoms with Gasteiger partial charge in [-0.3, -0.25) is 0 Å². The molecule has 2 aromatic carbocycles. The summed E-state index contributed by atoms with van der Waals surface area (Å²) in [6.07, 6.45) is 0. The molecule has 0 amide bonds. The van der Waals surface area contributed by atoms with Crippen molar-refractivity contribution in [1.29, 1.82) is 0 Å². The normalized spacial score (nSPS) is 8.38. The summed E-state index contributed by atoms with van der Waals surface area (Å²) in [7, 11) is 0. The van der Waals surface area contributed by atoms with Gasteiger partial charge in [-0.05, 0) is 74.6 Å². The molecular weight excluding hydrogens is 364 g/mol. The fourth-order valence-corrected chi connectivity index (χ4v) is 2.13. The number of benzene rings is 2. The fourth-order valence-electron chi connectivity index (χ4n) is 1.90. The van der Waals surface area contributed by atoms with E-state index in [0.29, 0.717) is 18.3 Å². The molecule has 140 valence electrons. The van der Waals surface area contributed by atoms with Crippen LogP contribution in [0.1, 0.15) is 13.8 Å². The Hall–Kier alpha value is -2.42. The number of thiocarbonyl (C=S) groups is 1. The van der Waals surface area contributed by atoms with Gasteiger partial charge in [0, 0.05) is 11.4 Å². The van der Waals surface area contributed by atoms with Gasteiger partial charge in [0.15, 0.2) is 5.11 Å². The zero-order chi connectivity index (χ0) is 15.8. The number of hydrogen-bond donors (Lipinski definition) is 2. The summed E-state index contributed by atoms with van der Waals surface area (Å²) in [6.45, 7) is 5.24. The summed E-state index contributed by atoms with van der Waals surface area (Å²) in [5, 5.41) is 6.80. The minimum absolute atomic E-state index is 0. The Labute approximate surface area is 159 Å². The van der Waals surface area contributed by atoms with Crippen molar-refractivity contribution in [3.63, 3.8) is 0 Å². The Balaban J connectivity index is -0.00000132. The van der Waals surface area contributed by atoms with Crippen LogP contribution in [0.3, 0.4) is 0 Å². The third-order valence-electron chi connectivity index (χ3n) is 2.85. The topological polar surface area (TPSA) is 42.5 Å². The van der Waals surface area contributed by atoms with Gasteiger partial charge in [0.1, 0.15) is 11.5 Å². The van der Waals surface area contributed by atoms with Crippen LogP contribution in [0, 0.1) is 0 Å². The van der Waals surface area contributed by atoms with Crippen LogP contribution in [-0.2, 0) is 0 Å². The molecule has 0 saturated carbocycles. The van der Waals surface area contributed by atoms with E-state index in [1.165, 1.54) is 0 Å². The van der Waals surface area contributed by atoms with Crippen molar-refractivity contribution in [3.05, 3.63) is 48.5 Å². The quantitative estimate of drug-likeness (QED) is 0.386. The Morgan fingerprint density at radius 2 is 1.04 bits per heavy atom. The molecule has 0 bridgehead atoms. The molecule has 0 unspecified atom stereocenters. The van der Waals surface area contributed by atoms with E-state index in [9.17, 15) is 0 Å². The number of nitrogens with one attached hydrogen (secondary N) is 2. The van der Waals surface area contributed by atoms with Crippen LogP contribution in [0.4, 0.5) is 11.4 Å². The van der Waals surface area contributed by atoms with Gasteiger partial charge in [0.05, 0.1) is 13.2 Å². The van der Waals surface area contributed by atoms with Crippen molar-refractivity contribution in [1.82, 2.24) is 0 Å². The van der Waals surface area contributed by atoms with E-state index >= 15 is 0 Å². The van der Waals surface area contributed by atoms with E-state index in [2.05, 4.69) is 10.6 Å². The van der Waals surface area contributed by atoms with Crippen molar-refractivity contribution in [2.45, 2.75) is 13.8 Å². The van der Waals surface area contributed by atoms with Gasteiger partial charge in [-0.1, -0.05) is 0 Å². The van der Waals surface area contributed by atoms with Gasteiger partial charge in [-0.25, -0.2) is 0 Å². The largest absolute Gasteiger partial charge is 3.00 e. The van der Waals surface area contributed by atoms with Crippen molar-refractivity contribution < 1.29 is 23.6 Å². The van der Waals surface area contributed by atoms with Crippen LogP contribution in [0.5, 0.6) is 11.5 Å². The molecule has 0 atom stereocenters. The first kappa shape index (κ1) is 28.4. The maximum atomic E-state index is 5.40. The van der Waals surface area contributed by atoms with Crippen LogP contribution < -0.4 is 34.2 Å². The van der Waals surface area contributed by atoms with Gasteiger partial charge >= 0.3 is 8.41 Å². The molecule has 0 aromatic heterocycles. The van der Waals surface area contributed by atoms with E-state index in [4.69, 9.17) is 21.7 Å². The molecule has 2 N–H and O–H groups in total. The number of ether oxygens (including phenoxy) is 2. The second kappa shape index (κ2) is 14.9. The third-order valence-corrected chi connectivity index (χ3v) is 3.05. The van der Waals surface area contributed by atoms with Gasteiger partial charge < -0.3 is 34.2 Å². The number of halogens is 3. The molecule has 0 fully saturated rings. The molecule has 26 heavy (non-hydrogen) atoms. The van der Waals surface area contributed by atoms with Gasteiger partial charge in [0.2, 0.25) is 0 Å². The van der Waals surface area contributed by atoms with E-state index in [-0.39, 0.29) is 22.5 Å². The Kier molecular flexibility index (Phi) is 16.3. The number of rotatable bonds is 6. The molecule has 0 heterocycles. The van der Waals surface area contributed by atoms with E-state index in [1.807, 2.05) is 62.4 Å². The minimum Gasteiger partial charge on any atom is -1.00 e. The first-order valence-electron chi connectivity index (χ1n) is 7.25. The predicted octanol–water partition coefficient (Wildman–Crippen LogP) is -5.08. The average Bonchev–Trinajstić information content (AvgIpc) is 2.52. The molecule has 4 nitrogen and oxygen atoms in total. The summed E-state index contributed by atoms with van der Waals surface area (Å²) in [5.74, 6) is 1.69. The molecule has 2 aromatic rings. The predicted molar refractivity (Wildman–Crippen MR) is 101 cm³/mol. The van der Waals surface area contributed by atoms with Crippen LogP contribution in [-0.4, -0.2) is 26.7 Å². The maximum absolute atomic E-state index is 5.40. The molecule has 9 heteroatoms. The Bertz CT molecular complexity index is 563. The standard InChI is InChI=1S/C17H20N2O2S.B.3FH/c1-3-20-15-9-5-13(6-10-15)18-17(22)19-14-7-11-16(12-8-14)21-4-2;;;;/h5-12H,3-4H2,1-2H3,(H2,18,19,22);;3*1H/q;+3;;;/p-3. The van der Waals surface area contributed by atoms with Gasteiger partial charge in [-0.15, -0.1) is 0 Å². The minimum atomic E-state index is 0. The first-order chi connectivity index (χ1) is 10.7. The second-order valence-corrected chi connectivity index (χ2v) is 4.90. The molecule has 0 spiro atoms. The first-order valence-corrected chi connectivity index (χ1v) is 7.65. The van der Waals surface area contributed by atoms with Gasteiger partial charge in [-0.2, -0.15) is 0 Å². The molecule has 0 aliphatic carbocycles. The Morgan fingerprint density at radius 3 is 1.31 bits per heavy atom. The van der Waals surface area contributed by atoms with E-state index < -0.39 is 0 Å². The van der Waals surface area contributed by atoms with Gasteiger partial charge in [0.25, 0.3) is 0 Å². The van der Waals surface area contributed by atoms with Crippen LogP contribution >= 0.6 is 12.2 Å². The van der Waals surface area contributed by atoms with Crippen molar-refractivity contribution in [3.8, 4) is 11.5 Å². The summed E-state index contributed by atoms with van der Waals surface area (Å²) in [4.78, 5) is 0. The van der Waals surface area contributed by atoms with E-state index in [0.717, 1.165) is 22.9 Å². The molecule has 0 aliphatic rings. The van der Waals surface area contributed by atoms with Crippen LogP contribution in [0.15, 0.2) is 48.5 Å². The van der Waals surface area contributed by atoms with Crippen molar-refractivity contribution in [2.24, 2.45) is 0 Å². The summed E-state index contributed by atoms with van der Waals surface area (Å²) >= 11 is 5.30. The number of hydrogen-bond acceptors (Lipinski definition) is 3. The fraction of sp³-hybridized carbons (Fsp3) is 0.235. The molecule has 0 radical (unpaired) electrons. The molecule has 0 saturated heterocycles. The SMILES string of the molecule is CCOc1ccc(NC(=S)Nc2ccc(OCC)cc2)cc1.[B+3].[F-].[F-].[F-]. The van der Waals surface area contributed by atoms with Crippen molar-refractivity contribution >= 4 is 37.1 Å². The summed E-state index contributed by atoms with van der Waals surface area (Å²) in [6, 6.07) is 15.3.